The zero-order valence-electron chi connectivity index (χ0n) is 10.2. The average molecular weight is 234 g/mol. The van der Waals surface area contributed by atoms with Crippen molar-refractivity contribution in [2.45, 2.75) is 26.0 Å². The van der Waals surface area contributed by atoms with Crippen LogP contribution in [0.3, 0.4) is 0 Å². The van der Waals surface area contributed by atoms with Crippen molar-refractivity contribution in [1.82, 2.24) is 4.98 Å². The van der Waals surface area contributed by atoms with E-state index in [1.54, 1.807) is 12.3 Å². The molecule has 1 aliphatic rings. The van der Waals surface area contributed by atoms with Gasteiger partial charge in [-0.05, 0) is 26.0 Å². The van der Waals surface area contributed by atoms with Crippen molar-refractivity contribution < 1.29 is 4.74 Å². The Kier molecular flexibility index (Phi) is 3.28. The molecule has 1 fully saturated rings. The van der Waals surface area contributed by atoms with Crippen molar-refractivity contribution in [2.24, 2.45) is 5.73 Å². The summed E-state index contributed by atoms with van der Waals surface area (Å²) in [6.45, 7) is 5.58. The highest BCUT2D eigenvalue weighted by Gasteiger charge is 2.26. The number of nitrogens with two attached hydrogens (primary N) is 1. The minimum absolute atomic E-state index is 0.0550. The van der Waals surface area contributed by atoms with Gasteiger partial charge in [0.05, 0.1) is 24.3 Å². The molecule has 5 heteroatoms. The number of ether oxygens (including phenoxy) is 1. The summed E-state index contributed by atoms with van der Waals surface area (Å²) in [4.78, 5) is 6.52. The fourth-order valence-electron chi connectivity index (χ4n) is 2.03. The van der Waals surface area contributed by atoms with Gasteiger partial charge in [-0.3, -0.25) is 5.41 Å². The topological polar surface area (TPSA) is 75.2 Å². The lowest BCUT2D eigenvalue weighted by atomic mass is 10.1. The Hall–Kier alpha value is -1.62. The van der Waals surface area contributed by atoms with Gasteiger partial charge >= 0.3 is 0 Å². The number of aromatic nitrogens is 1. The Morgan fingerprint density at radius 3 is 3.06 bits per heavy atom. The molecule has 1 aliphatic heterocycles. The molecule has 2 unspecified atom stereocenters. The van der Waals surface area contributed by atoms with Crippen LogP contribution in [0.2, 0.25) is 0 Å². The maximum atomic E-state index is 7.59. The number of amidine groups is 1. The molecule has 0 bridgehead atoms. The summed E-state index contributed by atoms with van der Waals surface area (Å²) in [7, 11) is 0. The molecule has 0 spiro atoms. The molecule has 2 rings (SSSR count). The molecule has 17 heavy (non-hydrogen) atoms. The molecule has 2 heterocycles. The van der Waals surface area contributed by atoms with Crippen molar-refractivity contribution >= 4 is 11.7 Å². The van der Waals surface area contributed by atoms with Crippen LogP contribution in [-0.2, 0) is 4.74 Å². The third-order valence-corrected chi connectivity index (χ3v) is 2.96. The smallest absolute Gasteiger partial charge is 0.139 e. The zero-order chi connectivity index (χ0) is 12.4. The molecule has 1 saturated heterocycles. The van der Waals surface area contributed by atoms with Crippen molar-refractivity contribution in [3.8, 4) is 0 Å². The molecule has 0 saturated carbocycles. The largest absolute Gasteiger partial charge is 0.384 e. The van der Waals surface area contributed by atoms with Crippen molar-refractivity contribution in [2.75, 3.05) is 18.1 Å². The van der Waals surface area contributed by atoms with Crippen LogP contribution in [0.4, 0.5) is 5.82 Å². The zero-order valence-corrected chi connectivity index (χ0v) is 10.2. The average Bonchev–Trinajstić information content (AvgIpc) is 2.32. The Bertz CT molecular complexity index is 421. The van der Waals surface area contributed by atoms with E-state index in [1.165, 1.54) is 0 Å². The maximum absolute atomic E-state index is 7.59. The number of nitrogens with zero attached hydrogens (tertiary/aromatic N) is 2. The van der Waals surface area contributed by atoms with Crippen LogP contribution in [0.25, 0.3) is 0 Å². The normalized spacial score (nSPS) is 24.7. The lowest BCUT2D eigenvalue weighted by molar-refractivity contribution is 0.0340. The SMILES string of the molecule is CC1CN(c2ncccc2C(=N)N)C(C)CO1. The lowest BCUT2D eigenvalue weighted by Crippen LogP contribution is -2.48. The summed E-state index contributed by atoms with van der Waals surface area (Å²) >= 11 is 0. The summed E-state index contributed by atoms with van der Waals surface area (Å²) in [5.74, 6) is 0.835. The highest BCUT2D eigenvalue weighted by molar-refractivity contribution is 5.99. The van der Waals surface area contributed by atoms with Crippen molar-refractivity contribution in [3.63, 3.8) is 0 Å². The highest BCUT2D eigenvalue weighted by Crippen LogP contribution is 2.22. The number of anilines is 1. The number of hydrogen-bond donors (Lipinski definition) is 2. The molecule has 1 aromatic heterocycles. The predicted molar refractivity (Wildman–Crippen MR) is 67.5 cm³/mol. The molecule has 2 atom stereocenters. The molecule has 0 amide bonds. The van der Waals surface area contributed by atoms with Gasteiger partial charge in [0.1, 0.15) is 11.7 Å². The number of morpholine rings is 1. The fraction of sp³-hybridized carbons (Fsp3) is 0.500. The Morgan fingerprint density at radius 2 is 2.35 bits per heavy atom. The van der Waals surface area contributed by atoms with Crippen molar-refractivity contribution in [3.05, 3.63) is 23.9 Å². The number of nitrogen functional groups attached to an aromatic ring is 1. The minimum atomic E-state index is 0.0550. The quantitative estimate of drug-likeness (QED) is 0.591. The van der Waals surface area contributed by atoms with Crippen LogP contribution in [0.1, 0.15) is 19.4 Å². The first kappa shape index (κ1) is 11.9. The molecule has 92 valence electrons. The lowest BCUT2D eigenvalue weighted by Gasteiger charge is -2.38. The molecule has 3 N–H and O–H groups in total. The van der Waals surface area contributed by atoms with E-state index in [4.69, 9.17) is 15.9 Å². The van der Waals surface area contributed by atoms with E-state index in [-0.39, 0.29) is 18.0 Å². The number of nitrogens with one attached hydrogen (secondary N) is 1. The Labute approximate surface area is 101 Å². The first-order chi connectivity index (χ1) is 8.09. The van der Waals surface area contributed by atoms with E-state index in [9.17, 15) is 0 Å². The Morgan fingerprint density at radius 1 is 1.59 bits per heavy atom. The predicted octanol–water partition coefficient (Wildman–Crippen LogP) is 0.979. The highest BCUT2D eigenvalue weighted by atomic mass is 16.5. The van der Waals surface area contributed by atoms with Gasteiger partial charge in [-0.1, -0.05) is 0 Å². The van der Waals surface area contributed by atoms with Crippen LogP contribution in [0, 0.1) is 5.41 Å². The third kappa shape index (κ3) is 2.39. The third-order valence-electron chi connectivity index (χ3n) is 2.96. The monoisotopic (exact) mass is 234 g/mol. The van der Waals surface area contributed by atoms with E-state index < -0.39 is 0 Å². The van der Waals surface area contributed by atoms with E-state index in [1.807, 2.05) is 13.0 Å². The van der Waals surface area contributed by atoms with Crippen LogP contribution < -0.4 is 10.6 Å². The first-order valence-corrected chi connectivity index (χ1v) is 5.77. The second-order valence-corrected chi connectivity index (χ2v) is 4.43. The Balaban J connectivity index is 2.35. The summed E-state index contributed by atoms with van der Waals surface area (Å²) in [5, 5.41) is 7.59. The number of pyridine rings is 1. The van der Waals surface area contributed by atoms with E-state index >= 15 is 0 Å². The minimum Gasteiger partial charge on any atom is -0.384 e. The van der Waals surface area contributed by atoms with Gasteiger partial charge in [0, 0.05) is 12.7 Å². The van der Waals surface area contributed by atoms with Crippen LogP contribution in [-0.4, -0.2) is 36.1 Å². The molecular formula is C12H18N4O. The van der Waals surface area contributed by atoms with Gasteiger partial charge in [0.15, 0.2) is 0 Å². The summed E-state index contributed by atoms with van der Waals surface area (Å²) < 4.78 is 5.59. The summed E-state index contributed by atoms with van der Waals surface area (Å²) in [6, 6.07) is 3.88. The molecule has 0 radical (unpaired) electrons. The molecule has 1 aromatic rings. The maximum Gasteiger partial charge on any atom is 0.139 e. The van der Waals surface area contributed by atoms with Crippen molar-refractivity contribution in [1.29, 1.82) is 5.41 Å². The molecule has 0 aliphatic carbocycles. The van der Waals surface area contributed by atoms with Gasteiger partial charge in [-0.2, -0.15) is 0 Å². The van der Waals surface area contributed by atoms with Crippen LogP contribution >= 0.6 is 0 Å². The van der Waals surface area contributed by atoms with Gasteiger partial charge in [-0.25, -0.2) is 4.98 Å². The van der Waals surface area contributed by atoms with E-state index in [0.29, 0.717) is 12.2 Å². The number of hydrogen-bond acceptors (Lipinski definition) is 4. The first-order valence-electron chi connectivity index (χ1n) is 5.77. The molecular weight excluding hydrogens is 216 g/mol. The van der Waals surface area contributed by atoms with Crippen LogP contribution in [0.15, 0.2) is 18.3 Å². The fourth-order valence-corrected chi connectivity index (χ4v) is 2.03. The standard InChI is InChI=1S/C12H18N4O/c1-8-7-17-9(2)6-16(8)12-10(11(13)14)4-3-5-15-12/h3-5,8-9H,6-7H2,1-2H3,(H3,13,14). The second kappa shape index (κ2) is 4.71. The molecule has 5 nitrogen and oxygen atoms in total. The summed E-state index contributed by atoms with van der Waals surface area (Å²) in [6.07, 6.45) is 1.90. The summed E-state index contributed by atoms with van der Waals surface area (Å²) in [5.41, 5.74) is 6.28. The van der Waals surface area contributed by atoms with Gasteiger partial charge in [0.2, 0.25) is 0 Å². The van der Waals surface area contributed by atoms with Gasteiger partial charge in [0.25, 0.3) is 0 Å². The molecule has 0 aromatic carbocycles. The van der Waals surface area contributed by atoms with E-state index in [2.05, 4.69) is 16.8 Å². The second-order valence-electron chi connectivity index (χ2n) is 4.43. The van der Waals surface area contributed by atoms with E-state index in [0.717, 1.165) is 12.4 Å². The van der Waals surface area contributed by atoms with Gasteiger partial charge in [-0.15, -0.1) is 0 Å². The number of rotatable bonds is 2. The van der Waals surface area contributed by atoms with Crippen LogP contribution in [0.5, 0.6) is 0 Å². The van der Waals surface area contributed by atoms with Gasteiger partial charge < -0.3 is 15.4 Å².